The molecule has 2 aromatic rings. The molecule has 6 heteroatoms. The predicted octanol–water partition coefficient (Wildman–Crippen LogP) is 3.15. The highest BCUT2D eigenvalue weighted by atomic mass is 16.5. The van der Waals surface area contributed by atoms with E-state index in [0.29, 0.717) is 30.9 Å². The summed E-state index contributed by atoms with van der Waals surface area (Å²) in [4.78, 5) is 27.0. The summed E-state index contributed by atoms with van der Waals surface area (Å²) >= 11 is 0. The Morgan fingerprint density at radius 3 is 2.32 bits per heavy atom. The molecule has 0 bridgehead atoms. The van der Waals surface area contributed by atoms with E-state index in [0.717, 1.165) is 5.56 Å². The van der Waals surface area contributed by atoms with E-state index in [2.05, 4.69) is 0 Å². The molecular weight excluding hydrogens is 358 g/mol. The Morgan fingerprint density at radius 1 is 1.04 bits per heavy atom. The molecule has 1 aliphatic rings. The van der Waals surface area contributed by atoms with Crippen LogP contribution in [0.1, 0.15) is 23.6 Å². The molecule has 1 heterocycles. The molecule has 146 valence electrons. The van der Waals surface area contributed by atoms with Crippen LogP contribution < -0.4 is 4.74 Å². The highest BCUT2D eigenvalue weighted by Crippen LogP contribution is 2.39. The molecule has 0 aliphatic carbocycles. The van der Waals surface area contributed by atoms with Crippen molar-refractivity contribution in [2.45, 2.75) is 12.5 Å². The number of carbonyl (C=O) groups excluding carboxylic acids is 2. The van der Waals surface area contributed by atoms with E-state index in [4.69, 9.17) is 9.47 Å². The van der Waals surface area contributed by atoms with Gasteiger partial charge in [-0.25, -0.2) is 0 Å². The fourth-order valence-electron chi connectivity index (χ4n) is 3.37. The largest absolute Gasteiger partial charge is 0.507 e. The minimum Gasteiger partial charge on any atom is -0.507 e. The monoisotopic (exact) mass is 381 g/mol. The van der Waals surface area contributed by atoms with Gasteiger partial charge < -0.3 is 19.5 Å². The lowest BCUT2D eigenvalue weighted by Gasteiger charge is -2.25. The summed E-state index contributed by atoms with van der Waals surface area (Å²) in [5.41, 5.74) is 1.32. The number of methoxy groups -OCH3 is 2. The second-order valence-electron chi connectivity index (χ2n) is 6.48. The summed E-state index contributed by atoms with van der Waals surface area (Å²) in [5.74, 6) is -0.800. The predicted molar refractivity (Wildman–Crippen MR) is 105 cm³/mol. The lowest BCUT2D eigenvalue weighted by molar-refractivity contribution is -0.140. The van der Waals surface area contributed by atoms with Gasteiger partial charge in [-0.1, -0.05) is 42.5 Å². The number of nitrogens with zero attached hydrogens (tertiary/aromatic N) is 1. The van der Waals surface area contributed by atoms with Crippen molar-refractivity contribution in [3.8, 4) is 5.75 Å². The van der Waals surface area contributed by atoms with Crippen LogP contribution in [0.4, 0.5) is 0 Å². The first kappa shape index (κ1) is 19.6. The number of Topliss-reactive ketones (excluding diaryl/α,β-unsaturated/α-hetero) is 1. The summed E-state index contributed by atoms with van der Waals surface area (Å²) in [7, 11) is 3.16. The summed E-state index contributed by atoms with van der Waals surface area (Å²) in [5, 5.41) is 10.9. The topological polar surface area (TPSA) is 76.1 Å². The normalized spacial score (nSPS) is 18.5. The van der Waals surface area contributed by atoms with Crippen LogP contribution in [0.5, 0.6) is 5.75 Å². The van der Waals surface area contributed by atoms with Gasteiger partial charge >= 0.3 is 0 Å². The molecule has 28 heavy (non-hydrogen) atoms. The third-order valence-electron chi connectivity index (χ3n) is 4.77. The zero-order valence-corrected chi connectivity index (χ0v) is 15.9. The van der Waals surface area contributed by atoms with Crippen molar-refractivity contribution < 1.29 is 24.2 Å². The molecule has 1 N–H and O–H groups in total. The molecule has 0 radical (unpaired) electrons. The molecule has 1 atom stereocenters. The van der Waals surface area contributed by atoms with E-state index in [1.165, 1.54) is 4.90 Å². The van der Waals surface area contributed by atoms with E-state index in [1.807, 2.05) is 6.07 Å². The average Bonchev–Trinajstić information content (AvgIpc) is 2.99. The number of hydrogen-bond acceptors (Lipinski definition) is 5. The van der Waals surface area contributed by atoms with Gasteiger partial charge in [0.2, 0.25) is 0 Å². The van der Waals surface area contributed by atoms with Gasteiger partial charge in [-0.15, -0.1) is 0 Å². The number of aliphatic hydroxyl groups excluding tert-OH is 1. The molecule has 0 spiro atoms. The third kappa shape index (κ3) is 3.77. The lowest BCUT2D eigenvalue weighted by Crippen LogP contribution is -2.31. The van der Waals surface area contributed by atoms with E-state index in [-0.39, 0.29) is 11.3 Å². The fourth-order valence-corrected chi connectivity index (χ4v) is 3.37. The summed E-state index contributed by atoms with van der Waals surface area (Å²) in [6, 6.07) is 15.3. The number of amides is 1. The maximum Gasteiger partial charge on any atom is 0.295 e. The molecule has 3 rings (SSSR count). The highest BCUT2D eigenvalue weighted by Gasteiger charge is 2.45. The molecule has 1 saturated heterocycles. The number of rotatable bonds is 7. The van der Waals surface area contributed by atoms with Crippen molar-refractivity contribution in [1.29, 1.82) is 0 Å². The summed E-state index contributed by atoms with van der Waals surface area (Å²) < 4.78 is 10.3. The van der Waals surface area contributed by atoms with Gasteiger partial charge in [-0.05, 0) is 24.1 Å². The molecular formula is C22H23NO5. The molecule has 1 amide bonds. The Bertz CT molecular complexity index is 874. The van der Waals surface area contributed by atoms with E-state index in [1.54, 1.807) is 62.8 Å². The Labute approximate surface area is 164 Å². The second-order valence-corrected chi connectivity index (χ2v) is 6.48. The van der Waals surface area contributed by atoms with Crippen molar-refractivity contribution in [3.05, 3.63) is 71.3 Å². The number of ketones is 1. The maximum absolute atomic E-state index is 12.8. The van der Waals surface area contributed by atoms with E-state index < -0.39 is 17.7 Å². The quantitative estimate of drug-likeness (QED) is 0.345. The first-order valence-electron chi connectivity index (χ1n) is 9.05. The molecule has 0 unspecified atom stereocenters. The van der Waals surface area contributed by atoms with Crippen molar-refractivity contribution in [3.63, 3.8) is 0 Å². The minimum absolute atomic E-state index is 0.0961. The van der Waals surface area contributed by atoms with Gasteiger partial charge in [-0.2, -0.15) is 0 Å². The number of aliphatic hydroxyl groups is 1. The second kappa shape index (κ2) is 8.71. The zero-order valence-electron chi connectivity index (χ0n) is 15.9. The van der Waals surface area contributed by atoms with E-state index >= 15 is 0 Å². The Balaban J connectivity index is 2.09. The highest BCUT2D eigenvalue weighted by molar-refractivity contribution is 6.46. The van der Waals surface area contributed by atoms with Crippen molar-refractivity contribution in [2.24, 2.45) is 0 Å². The van der Waals surface area contributed by atoms with Crippen molar-refractivity contribution >= 4 is 17.4 Å². The molecule has 6 nitrogen and oxygen atoms in total. The Hall–Kier alpha value is -3.12. The van der Waals surface area contributed by atoms with E-state index in [9.17, 15) is 14.7 Å². The smallest absolute Gasteiger partial charge is 0.295 e. The SMILES string of the molecule is COCCCN1C(=O)C(=O)/C(=C(/O)c2ccccc2)[C@@H]1c1ccc(OC)cc1. The molecule has 1 fully saturated rings. The van der Waals surface area contributed by atoms with Crippen molar-refractivity contribution in [2.75, 3.05) is 27.4 Å². The minimum atomic E-state index is -0.681. The van der Waals surface area contributed by atoms with Crippen LogP contribution in [0, 0.1) is 0 Å². The first-order valence-corrected chi connectivity index (χ1v) is 9.05. The first-order chi connectivity index (χ1) is 13.6. The van der Waals surface area contributed by atoms with Crippen LogP contribution in [0.25, 0.3) is 5.76 Å². The molecule has 0 saturated carbocycles. The average molecular weight is 381 g/mol. The van der Waals surface area contributed by atoms with Crippen LogP contribution >= 0.6 is 0 Å². The van der Waals surface area contributed by atoms with Crippen LogP contribution in [-0.4, -0.2) is 49.1 Å². The number of carbonyl (C=O) groups is 2. The van der Waals surface area contributed by atoms with Crippen LogP contribution in [-0.2, 0) is 14.3 Å². The Kier molecular flexibility index (Phi) is 6.11. The summed E-state index contributed by atoms with van der Waals surface area (Å²) in [6.45, 7) is 0.817. The lowest BCUT2D eigenvalue weighted by atomic mass is 9.95. The molecule has 2 aromatic carbocycles. The Morgan fingerprint density at radius 2 is 1.71 bits per heavy atom. The fraction of sp³-hybridized carbons (Fsp3) is 0.273. The van der Waals surface area contributed by atoms with Crippen LogP contribution in [0.3, 0.4) is 0 Å². The number of benzene rings is 2. The van der Waals surface area contributed by atoms with Gasteiger partial charge in [0.15, 0.2) is 0 Å². The zero-order chi connectivity index (χ0) is 20.1. The number of ether oxygens (including phenoxy) is 2. The molecule has 0 aromatic heterocycles. The van der Waals surface area contributed by atoms with Gasteiger partial charge in [0.25, 0.3) is 11.7 Å². The van der Waals surface area contributed by atoms with Gasteiger partial charge in [0.1, 0.15) is 11.5 Å². The number of hydrogen-bond donors (Lipinski definition) is 1. The van der Waals surface area contributed by atoms with Crippen LogP contribution in [0.2, 0.25) is 0 Å². The van der Waals surface area contributed by atoms with Crippen molar-refractivity contribution in [1.82, 2.24) is 4.90 Å². The van der Waals surface area contributed by atoms with Gasteiger partial charge in [0, 0.05) is 25.8 Å². The number of likely N-dealkylation sites (tertiary alicyclic amines) is 1. The molecule has 1 aliphatic heterocycles. The maximum atomic E-state index is 12.8. The standard InChI is InChI=1S/C22H23NO5/c1-27-14-6-13-23-19(15-9-11-17(28-2)12-10-15)18(21(25)22(23)26)20(24)16-7-4-3-5-8-16/h3-5,7-12,19,24H,6,13-14H2,1-2H3/b20-18+/t19-/m0/s1. The van der Waals surface area contributed by atoms with Crippen LogP contribution in [0.15, 0.2) is 60.2 Å². The summed E-state index contributed by atoms with van der Waals surface area (Å²) in [6.07, 6.45) is 0.585. The third-order valence-corrected chi connectivity index (χ3v) is 4.77. The van der Waals surface area contributed by atoms with Gasteiger partial charge in [-0.3, -0.25) is 9.59 Å². The van der Waals surface area contributed by atoms with Gasteiger partial charge in [0.05, 0.1) is 18.7 Å².